The van der Waals surface area contributed by atoms with E-state index in [1.54, 1.807) is 0 Å². The second kappa shape index (κ2) is 5.86. The monoisotopic (exact) mass is 273 g/mol. The van der Waals surface area contributed by atoms with E-state index in [0.29, 0.717) is 6.61 Å². The SMILES string of the molecule is CCn1nccc1CNc1ccc2c(c1)OCCCO2. The third-order valence-corrected chi connectivity index (χ3v) is 3.33. The summed E-state index contributed by atoms with van der Waals surface area (Å²) in [5, 5.41) is 7.66. The van der Waals surface area contributed by atoms with Gasteiger partial charge in [-0.05, 0) is 25.1 Å². The van der Waals surface area contributed by atoms with Crippen LogP contribution < -0.4 is 14.8 Å². The number of hydrogen-bond acceptors (Lipinski definition) is 4. The first-order valence-electron chi connectivity index (χ1n) is 7.01. The van der Waals surface area contributed by atoms with Gasteiger partial charge < -0.3 is 14.8 Å². The molecule has 0 amide bonds. The lowest BCUT2D eigenvalue weighted by Crippen LogP contribution is -2.07. The van der Waals surface area contributed by atoms with Crippen LogP contribution in [0.2, 0.25) is 0 Å². The molecule has 1 N–H and O–H groups in total. The number of aryl methyl sites for hydroxylation is 1. The van der Waals surface area contributed by atoms with Gasteiger partial charge in [-0.1, -0.05) is 0 Å². The van der Waals surface area contributed by atoms with E-state index < -0.39 is 0 Å². The van der Waals surface area contributed by atoms with Crippen molar-refractivity contribution in [3.05, 3.63) is 36.2 Å². The van der Waals surface area contributed by atoms with E-state index >= 15 is 0 Å². The van der Waals surface area contributed by atoms with Crippen LogP contribution in [0.1, 0.15) is 19.0 Å². The molecule has 1 aromatic carbocycles. The molecule has 0 atom stereocenters. The van der Waals surface area contributed by atoms with E-state index in [1.807, 2.05) is 35.1 Å². The van der Waals surface area contributed by atoms with Gasteiger partial charge in [0.15, 0.2) is 11.5 Å². The van der Waals surface area contributed by atoms with Gasteiger partial charge >= 0.3 is 0 Å². The molecule has 2 heterocycles. The maximum atomic E-state index is 5.69. The minimum Gasteiger partial charge on any atom is -0.490 e. The lowest BCUT2D eigenvalue weighted by Gasteiger charge is -2.11. The van der Waals surface area contributed by atoms with Crippen molar-refractivity contribution in [2.45, 2.75) is 26.4 Å². The van der Waals surface area contributed by atoms with E-state index in [0.717, 1.165) is 43.3 Å². The quantitative estimate of drug-likeness (QED) is 0.930. The van der Waals surface area contributed by atoms with Gasteiger partial charge in [0.05, 0.1) is 25.5 Å². The highest BCUT2D eigenvalue weighted by Crippen LogP contribution is 2.32. The zero-order valence-corrected chi connectivity index (χ0v) is 11.6. The molecular formula is C15H19N3O2. The van der Waals surface area contributed by atoms with Gasteiger partial charge in [0, 0.05) is 30.9 Å². The molecule has 1 aromatic heterocycles. The summed E-state index contributed by atoms with van der Waals surface area (Å²) in [6.07, 6.45) is 2.75. The molecule has 106 valence electrons. The third-order valence-electron chi connectivity index (χ3n) is 3.33. The van der Waals surface area contributed by atoms with Crippen molar-refractivity contribution in [2.75, 3.05) is 18.5 Å². The van der Waals surface area contributed by atoms with Crippen molar-refractivity contribution in [3.63, 3.8) is 0 Å². The highest BCUT2D eigenvalue weighted by molar-refractivity contribution is 5.55. The highest BCUT2D eigenvalue weighted by Gasteiger charge is 2.10. The molecule has 1 aliphatic rings. The van der Waals surface area contributed by atoms with Crippen LogP contribution in [0.25, 0.3) is 0 Å². The number of nitrogens with zero attached hydrogens (tertiary/aromatic N) is 2. The lowest BCUT2D eigenvalue weighted by atomic mass is 10.2. The molecule has 20 heavy (non-hydrogen) atoms. The van der Waals surface area contributed by atoms with E-state index in [1.165, 1.54) is 5.69 Å². The summed E-state index contributed by atoms with van der Waals surface area (Å²) in [6.45, 7) is 5.14. The van der Waals surface area contributed by atoms with E-state index in [9.17, 15) is 0 Å². The minimum atomic E-state index is 0.707. The molecule has 0 radical (unpaired) electrons. The summed E-state index contributed by atoms with van der Waals surface area (Å²) < 4.78 is 13.3. The Labute approximate surface area is 118 Å². The zero-order chi connectivity index (χ0) is 13.8. The van der Waals surface area contributed by atoms with Gasteiger partial charge in [-0.2, -0.15) is 5.10 Å². The van der Waals surface area contributed by atoms with Gasteiger partial charge in [-0.15, -0.1) is 0 Å². The number of hydrogen-bond donors (Lipinski definition) is 1. The van der Waals surface area contributed by atoms with Crippen molar-refractivity contribution in [1.82, 2.24) is 9.78 Å². The van der Waals surface area contributed by atoms with Crippen molar-refractivity contribution in [3.8, 4) is 11.5 Å². The summed E-state index contributed by atoms with van der Waals surface area (Å²) >= 11 is 0. The predicted octanol–water partition coefficient (Wildman–Crippen LogP) is 2.68. The average molecular weight is 273 g/mol. The second-order valence-electron chi connectivity index (χ2n) is 4.70. The first-order chi connectivity index (χ1) is 9.86. The summed E-state index contributed by atoms with van der Waals surface area (Å²) in [5.41, 5.74) is 2.19. The predicted molar refractivity (Wildman–Crippen MR) is 77.3 cm³/mol. The maximum Gasteiger partial charge on any atom is 0.163 e. The van der Waals surface area contributed by atoms with Crippen molar-refractivity contribution < 1.29 is 9.47 Å². The summed E-state index contributed by atoms with van der Waals surface area (Å²) in [6, 6.07) is 7.99. The number of aromatic nitrogens is 2. The standard InChI is InChI=1S/C15H19N3O2/c1-2-18-13(6-7-17-18)11-16-12-4-5-14-15(10-12)20-9-3-8-19-14/h4-7,10,16H,2-3,8-9,11H2,1H3. The maximum absolute atomic E-state index is 5.69. The molecule has 0 aliphatic carbocycles. The van der Waals surface area contributed by atoms with Crippen LogP contribution in [0.3, 0.4) is 0 Å². The first kappa shape index (κ1) is 12.8. The zero-order valence-electron chi connectivity index (χ0n) is 11.6. The molecule has 0 bridgehead atoms. The van der Waals surface area contributed by atoms with Crippen LogP contribution >= 0.6 is 0 Å². The molecule has 2 aromatic rings. The molecule has 0 spiro atoms. The number of anilines is 1. The van der Waals surface area contributed by atoms with Crippen molar-refractivity contribution in [1.29, 1.82) is 0 Å². The summed E-state index contributed by atoms with van der Waals surface area (Å²) in [5.74, 6) is 1.64. The largest absolute Gasteiger partial charge is 0.490 e. The Kier molecular flexibility index (Phi) is 3.76. The molecule has 1 aliphatic heterocycles. The Balaban J connectivity index is 1.70. The van der Waals surface area contributed by atoms with Crippen LogP contribution in [-0.4, -0.2) is 23.0 Å². The second-order valence-corrected chi connectivity index (χ2v) is 4.70. The average Bonchev–Trinajstić information content (AvgIpc) is 2.81. The van der Waals surface area contributed by atoms with Crippen LogP contribution in [0.5, 0.6) is 11.5 Å². The number of nitrogens with one attached hydrogen (secondary N) is 1. The third kappa shape index (κ3) is 2.71. The fourth-order valence-corrected chi connectivity index (χ4v) is 2.26. The fraction of sp³-hybridized carbons (Fsp3) is 0.400. The molecule has 0 unspecified atom stereocenters. The topological polar surface area (TPSA) is 48.3 Å². The summed E-state index contributed by atoms with van der Waals surface area (Å²) in [4.78, 5) is 0. The first-order valence-corrected chi connectivity index (χ1v) is 7.01. The molecule has 3 rings (SSSR count). The minimum absolute atomic E-state index is 0.707. The Morgan fingerprint density at radius 3 is 2.90 bits per heavy atom. The van der Waals surface area contributed by atoms with E-state index in [2.05, 4.69) is 17.3 Å². The number of fused-ring (bicyclic) bond motifs is 1. The fourth-order valence-electron chi connectivity index (χ4n) is 2.26. The Morgan fingerprint density at radius 1 is 1.20 bits per heavy atom. The molecule has 0 saturated carbocycles. The smallest absolute Gasteiger partial charge is 0.163 e. The van der Waals surface area contributed by atoms with Gasteiger partial charge in [-0.3, -0.25) is 4.68 Å². The Bertz CT molecular complexity index is 580. The molecule has 0 fully saturated rings. The lowest BCUT2D eigenvalue weighted by molar-refractivity contribution is 0.297. The van der Waals surface area contributed by atoms with E-state index in [-0.39, 0.29) is 0 Å². The van der Waals surface area contributed by atoms with Crippen molar-refractivity contribution in [2.24, 2.45) is 0 Å². The van der Waals surface area contributed by atoms with Gasteiger partial charge in [0.25, 0.3) is 0 Å². The summed E-state index contributed by atoms with van der Waals surface area (Å²) in [7, 11) is 0. The number of ether oxygens (including phenoxy) is 2. The van der Waals surface area contributed by atoms with Crippen LogP contribution in [0.4, 0.5) is 5.69 Å². The molecule has 5 heteroatoms. The van der Waals surface area contributed by atoms with E-state index in [4.69, 9.17) is 9.47 Å². The molecule has 5 nitrogen and oxygen atoms in total. The van der Waals surface area contributed by atoms with Crippen LogP contribution in [0.15, 0.2) is 30.5 Å². The van der Waals surface area contributed by atoms with Gasteiger partial charge in [-0.25, -0.2) is 0 Å². The number of benzene rings is 1. The van der Waals surface area contributed by atoms with Crippen molar-refractivity contribution >= 4 is 5.69 Å². The van der Waals surface area contributed by atoms with Crippen LogP contribution in [0, 0.1) is 0 Å². The Morgan fingerprint density at radius 2 is 2.05 bits per heavy atom. The van der Waals surface area contributed by atoms with Crippen LogP contribution in [-0.2, 0) is 13.1 Å². The highest BCUT2D eigenvalue weighted by atomic mass is 16.5. The number of rotatable bonds is 4. The van der Waals surface area contributed by atoms with Gasteiger partial charge in [0.2, 0.25) is 0 Å². The normalized spacial score (nSPS) is 13.8. The van der Waals surface area contributed by atoms with Gasteiger partial charge in [0.1, 0.15) is 0 Å². The molecular weight excluding hydrogens is 254 g/mol. The Hall–Kier alpha value is -2.17. The molecule has 0 saturated heterocycles.